The number of ether oxygens (including phenoxy) is 3. The number of halogens is 3. The molecule has 0 bridgehead atoms. The number of alkyl halides is 3. The molecule has 0 atom stereocenters. The summed E-state index contributed by atoms with van der Waals surface area (Å²) in [5.41, 5.74) is 0.714. The van der Waals surface area contributed by atoms with E-state index in [2.05, 4.69) is 0 Å². The predicted octanol–water partition coefficient (Wildman–Crippen LogP) is 4.70. The van der Waals surface area contributed by atoms with Gasteiger partial charge in [-0.15, -0.1) is 0 Å². The number of ketones is 1. The maximum absolute atomic E-state index is 12.5. The molecular weight excluding hydrogens is 469 g/mol. The van der Waals surface area contributed by atoms with Crippen LogP contribution in [0.4, 0.5) is 13.2 Å². The molecule has 0 amide bonds. The quantitative estimate of drug-likeness (QED) is 0.144. The Morgan fingerprint density at radius 2 is 1.69 bits per heavy atom. The highest BCUT2D eigenvalue weighted by Gasteiger charge is 2.28. The van der Waals surface area contributed by atoms with E-state index in [0.717, 1.165) is 6.08 Å². The third kappa shape index (κ3) is 9.06. The summed E-state index contributed by atoms with van der Waals surface area (Å²) in [6.45, 7) is 1.58. The van der Waals surface area contributed by atoms with Crippen LogP contribution in [0.15, 0.2) is 48.5 Å². The first-order valence-electron chi connectivity index (χ1n) is 10.8. The summed E-state index contributed by atoms with van der Waals surface area (Å²) < 4.78 is 52.4. The van der Waals surface area contributed by atoms with Crippen molar-refractivity contribution in [1.82, 2.24) is 0 Å². The molecule has 0 saturated heterocycles. The lowest BCUT2D eigenvalue weighted by Gasteiger charge is -2.15. The molecule has 190 valence electrons. The van der Waals surface area contributed by atoms with Gasteiger partial charge in [0, 0.05) is 12.8 Å². The Kier molecular flexibility index (Phi) is 9.85. The molecule has 0 aliphatic heterocycles. The van der Waals surface area contributed by atoms with E-state index in [0.29, 0.717) is 11.3 Å². The minimum Gasteiger partial charge on any atom is -0.494 e. The Bertz CT molecular complexity index is 1030. The van der Waals surface area contributed by atoms with Crippen molar-refractivity contribution in [2.75, 3.05) is 13.7 Å². The monoisotopic (exact) mass is 496 g/mol. The summed E-state index contributed by atoms with van der Waals surface area (Å²) in [5, 5.41) is 19.1. The van der Waals surface area contributed by atoms with Gasteiger partial charge < -0.3 is 24.4 Å². The van der Waals surface area contributed by atoms with E-state index in [-0.39, 0.29) is 42.9 Å². The van der Waals surface area contributed by atoms with Gasteiger partial charge in [0.2, 0.25) is 11.6 Å². The van der Waals surface area contributed by atoms with Crippen LogP contribution in [0.25, 0.3) is 6.08 Å². The second-order valence-electron chi connectivity index (χ2n) is 7.61. The van der Waals surface area contributed by atoms with Gasteiger partial charge in [-0.05, 0) is 60.9 Å². The molecule has 0 aliphatic rings. The fourth-order valence-electron chi connectivity index (χ4n) is 2.82. The number of carbonyl (C=O) groups is 2. The average molecular weight is 496 g/mol. The van der Waals surface area contributed by atoms with Gasteiger partial charge in [-0.1, -0.05) is 19.1 Å². The fourth-order valence-corrected chi connectivity index (χ4v) is 2.82. The maximum Gasteiger partial charge on any atom is 0.389 e. The molecule has 2 aromatic rings. The summed E-state index contributed by atoms with van der Waals surface area (Å²) in [6.07, 6.45) is -2.57. The number of aliphatic hydroxyl groups is 2. The Hall–Kier alpha value is -3.37. The first-order chi connectivity index (χ1) is 16.4. The molecular formula is C25H27F3O7. The van der Waals surface area contributed by atoms with Crippen molar-refractivity contribution < 1.29 is 47.2 Å². The van der Waals surface area contributed by atoms with Gasteiger partial charge in [0.25, 0.3) is 0 Å². The van der Waals surface area contributed by atoms with Crippen molar-refractivity contribution in [3.05, 3.63) is 59.7 Å². The number of carbonyl (C=O) groups excluding carboxylic acids is 2. The van der Waals surface area contributed by atoms with Crippen molar-refractivity contribution in [3.8, 4) is 17.2 Å². The molecule has 7 nitrogen and oxygen atoms in total. The zero-order valence-corrected chi connectivity index (χ0v) is 19.3. The third-order valence-electron chi connectivity index (χ3n) is 4.92. The van der Waals surface area contributed by atoms with Crippen LogP contribution in [0.3, 0.4) is 0 Å². The summed E-state index contributed by atoms with van der Waals surface area (Å²) in [5.74, 6) is -3.24. The Balaban J connectivity index is 1.96. The van der Waals surface area contributed by atoms with E-state index in [4.69, 9.17) is 14.2 Å². The average Bonchev–Trinajstić information content (AvgIpc) is 2.82. The smallest absolute Gasteiger partial charge is 0.389 e. The molecule has 0 radical (unpaired) electrons. The molecule has 2 N–H and O–H groups in total. The van der Waals surface area contributed by atoms with Crippen LogP contribution >= 0.6 is 0 Å². The Labute approximate surface area is 200 Å². The number of unbranched alkanes of at least 4 members (excludes halogenated alkanes) is 1. The van der Waals surface area contributed by atoms with Gasteiger partial charge in [0.05, 0.1) is 19.3 Å². The van der Waals surface area contributed by atoms with Crippen LogP contribution in [0.2, 0.25) is 0 Å². The summed E-state index contributed by atoms with van der Waals surface area (Å²) >= 11 is 0. The summed E-state index contributed by atoms with van der Waals surface area (Å²) in [4.78, 5) is 24.3. The molecule has 10 heteroatoms. The molecule has 0 aromatic heterocycles. The Morgan fingerprint density at radius 3 is 2.29 bits per heavy atom. The van der Waals surface area contributed by atoms with E-state index < -0.39 is 30.1 Å². The van der Waals surface area contributed by atoms with E-state index in [9.17, 15) is 33.0 Å². The van der Waals surface area contributed by atoms with E-state index in [1.807, 2.05) is 0 Å². The zero-order chi connectivity index (χ0) is 26.1. The predicted molar refractivity (Wildman–Crippen MR) is 121 cm³/mol. The lowest BCUT2D eigenvalue weighted by Crippen LogP contribution is -2.36. The highest BCUT2D eigenvalue weighted by atomic mass is 19.4. The molecule has 0 fully saturated rings. The first-order valence-corrected chi connectivity index (χ1v) is 10.8. The van der Waals surface area contributed by atoms with Crippen molar-refractivity contribution in [2.45, 2.75) is 44.6 Å². The van der Waals surface area contributed by atoms with Crippen LogP contribution in [-0.2, 0) is 4.79 Å². The minimum atomic E-state index is -4.18. The van der Waals surface area contributed by atoms with Crippen molar-refractivity contribution in [2.24, 2.45) is 0 Å². The minimum absolute atomic E-state index is 0.0248. The van der Waals surface area contributed by atoms with Gasteiger partial charge in [-0.3, -0.25) is 4.79 Å². The number of methoxy groups -OCH3 is 1. The van der Waals surface area contributed by atoms with E-state index >= 15 is 0 Å². The summed E-state index contributed by atoms with van der Waals surface area (Å²) in [7, 11) is 1.37. The number of esters is 1. The van der Waals surface area contributed by atoms with Gasteiger partial charge in [-0.25, -0.2) is 4.79 Å². The number of rotatable bonds is 12. The van der Waals surface area contributed by atoms with Crippen molar-refractivity contribution in [3.63, 3.8) is 0 Å². The van der Waals surface area contributed by atoms with Gasteiger partial charge >= 0.3 is 12.1 Å². The van der Waals surface area contributed by atoms with Crippen LogP contribution in [0.1, 0.15) is 48.5 Å². The maximum atomic E-state index is 12.5. The lowest BCUT2D eigenvalue weighted by molar-refractivity contribution is -0.178. The topological polar surface area (TPSA) is 102 Å². The normalized spacial score (nSPS) is 12.0. The van der Waals surface area contributed by atoms with Gasteiger partial charge in [0.1, 0.15) is 5.75 Å². The van der Waals surface area contributed by atoms with Crippen LogP contribution < -0.4 is 14.2 Å². The Morgan fingerprint density at radius 1 is 1.00 bits per heavy atom. The van der Waals surface area contributed by atoms with Crippen LogP contribution in [-0.4, -0.2) is 47.6 Å². The highest BCUT2D eigenvalue weighted by molar-refractivity contribution is 5.98. The SMILES string of the molecule is CCC(O)(O)C(=O)/C=C/c1ccc(OC(=O)c2ccc(OCCCCC(F)(F)F)cc2)c(OC)c1. The molecule has 2 rings (SSSR count). The van der Waals surface area contributed by atoms with Gasteiger partial charge in [-0.2, -0.15) is 13.2 Å². The molecule has 35 heavy (non-hydrogen) atoms. The largest absolute Gasteiger partial charge is 0.494 e. The second kappa shape index (κ2) is 12.4. The van der Waals surface area contributed by atoms with E-state index in [1.54, 1.807) is 6.07 Å². The van der Waals surface area contributed by atoms with Crippen molar-refractivity contribution >= 4 is 17.8 Å². The van der Waals surface area contributed by atoms with E-state index in [1.165, 1.54) is 56.5 Å². The van der Waals surface area contributed by atoms with Crippen LogP contribution in [0, 0.1) is 0 Å². The highest BCUT2D eigenvalue weighted by Crippen LogP contribution is 2.30. The van der Waals surface area contributed by atoms with Crippen molar-refractivity contribution in [1.29, 1.82) is 0 Å². The lowest BCUT2D eigenvalue weighted by atomic mass is 10.1. The molecule has 0 aliphatic carbocycles. The fraction of sp³-hybridized carbons (Fsp3) is 0.360. The second-order valence-corrected chi connectivity index (χ2v) is 7.61. The molecule has 0 unspecified atom stereocenters. The zero-order valence-electron chi connectivity index (χ0n) is 19.3. The summed E-state index contributed by atoms with van der Waals surface area (Å²) in [6, 6.07) is 10.5. The van der Waals surface area contributed by atoms with Gasteiger partial charge in [0.15, 0.2) is 11.5 Å². The first kappa shape index (κ1) is 27.9. The molecule has 0 saturated carbocycles. The standard InChI is InChI=1S/C25H27F3O7/c1-3-24(31,32)22(29)13-7-17-6-12-20(21(16-17)33-2)35-23(30)18-8-10-19(11-9-18)34-15-5-4-14-25(26,27)28/h6-13,16,31-32H,3-5,14-15H2,1-2H3/b13-7+. The third-order valence-corrected chi connectivity index (χ3v) is 4.92. The number of benzene rings is 2. The van der Waals surface area contributed by atoms with Crippen LogP contribution in [0.5, 0.6) is 17.2 Å². The molecule has 0 heterocycles. The molecule has 0 spiro atoms. The number of hydrogen-bond acceptors (Lipinski definition) is 7. The number of hydrogen-bond donors (Lipinski definition) is 2. The molecule has 2 aromatic carbocycles.